The van der Waals surface area contributed by atoms with E-state index in [0.717, 1.165) is 41.1 Å². The number of hydrogen-bond acceptors (Lipinski definition) is 5. The zero-order valence-corrected chi connectivity index (χ0v) is 17.6. The molecule has 0 radical (unpaired) electrons. The van der Waals surface area contributed by atoms with Crippen LogP contribution in [0.4, 0.5) is 0 Å². The molecule has 2 aliphatic rings. The summed E-state index contributed by atoms with van der Waals surface area (Å²) in [5, 5.41) is 11.5. The highest BCUT2D eigenvalue weighted by molar-refractivity contribution is 9.10. The molecule has 0 bridgehead atoms. The number of furan rings is 1. The molecule has 1 aliphatic heterocycles. The first-order valence-electron chi connectivity index (χ1n) is 9.94. The van der Waals surface area contributed by atoms with Crippen LogP contribution in [-0.2, 0) is 4.79 Å². The van der Waals surface area contributed by atoms with Gasteiger partial charge in [0.2, 0.25) is 5.78 Å². The molecule has 1 N–H and O–H groups in total. The fourth-order valence-corrected chi connectivity index (χ4v) is 4.92. The Morgan fingerprint density at radius 1 is 1.13 bits per heavy atom. The van der Waals surface area contributed by atoms with E-state index in [2.05, 4.69) is 20.9 Å². The number of halogens is 1. The van der Waals surface area contributed by atoms with Gasteiger partial charge in [0.1, 0.15) is 5.58 Å². The Morgan fingerprint density at radius 2 is 1.87 bits per heavy atom. The fourth-order valence-electron chi connectivity index (χ4n) is 4.55. The Hall–Kier alpha value is -2.93. The standard InChI is InChI=1S/C23H19BrN2O4/c24-15-5-6-17-14(11-15)12-18(30-17)21(27)19-20(13-7-9-25-10-8-13)26(23(29)22(19)28)16-3-1-2-4-16/h5-12,16,20,28H,1-4H2. The van der Waals surface area contributed by atoms with Crippen molar-refractivity contribution in [2.75, 3.05) is 0 Å². The zero-order valence-electron chi connectivity index (χ0n) is 16.0. The average molecular weight is 467 g/mol. The third kappa shape index (κ3) is 3.04. The third-order valence-electron chi connectivity index (χ3n) is 5.93. The largest absolute Gasteiger partial charge is 0.503 e. The van der Waals surface area contributed by atoms with Crippen LogP contribution in [0.25, 0.3) is 11.0 Å². The number of rotatable bonds is 4. The molecule has 5 rings (SSSR count). The van der Waals surface area contributed by atoms with Crippen molar-refractivity contribution in [1.29, 1.82) is 0 Å². The van der Waals surface area contributed by atoms with Crippen molar-refractivity contribution in [3.8, 4) is 0 Å². The van der Waals surface area contributed by atoms with Crippen molar-refractivity contribution in [3.63, 3.8) is 0 Å². The van der Waals surface area contributed by atoms with E-state index >= 15 is 0 Å². The maximum absolute atomic E-state index is 13.5. The van der Waals surface area contributed by atoms with E-state index in [1.54, 1.807) is 41.6 Å². The van der Waals surface area contributed by atoms with Crippen LogP contribution < -0.4 is 0 Å². The number of nitrogens with zero attached hydrogens (tertiary/aromatic N) is 2. The monoisotopic (exact) mass is 466 g/mol. The number of carbonyl (C=O) groups is 2. The topological polar surface area (TPSA) is 83.6 Å². The Labute approximate surface area is 181 Å². The van der Waals surface area contributed by atoms with E-state index < -0.39 is 23.5 Å². The number of aliphatic hydroxyl groups excluding tert-OH is 1. The molecule has 7 heteroatoms. The summed E-state index contributed by atoms with van der Waals surface area (Å²) < 4.78 is 6.64. The number of aliphatic hydroxyl groups is 1. The first-order chi connectivity index (χ1) is 14.5. The molecule has 1 fully saturated rings. The van der Waals surface area contributed by atoms with Gasteiger partial charge < -0.3 is 14.4 Å². The molecule has 0 spiro atoms. The maximum atomic E-state index is 13.5. The van der Waals surface area contributed by atoms with Crippen molar-refractivity contribution < 1.29 is 19.1 Å². The van der Waals surface area contributed by atoms with Gasteiger partial charge in [0.15, 0.2) is 11.5 Å². The van der Waals surface area contributed by atoms with E-state index in [1.165, 1.54) is 0 Å². The Balaban J connectivity index is 1.61. The van der Waals surface area contributed by atoms with E-state index in [1.807, 2.05) is 12.1 Å². The molecule has 0 saturated heterocycles. The average Bonchev–Trinajstić information content (AvgIpc) is 3.47. The van der Waals surface area contributed by atoms with Crippen LogP contribution in [0.2, 0.25) is 0 Å². The van der Waals surface area contributed by atoms with Crippen LogP contribution >= 0.6 is 15.9 Å². The number of pyridine rings is 1. The number of ketones is 1. The summed E-state index contributed by atoms with van der Waals surface area (Å²) in [6, 6.07) is 10.0. The molecule has 1 aromatic carbocycles. The van der Waals surface area contributed by atoms with Gasteiger partial charge in [0, 0.05) is 28.3 Å². The summed E-state index contributed by atoms with van der Waals surface area (Å²) in [7, 11) is 0. The van der Waals surface area contributed by atoms with Gasteiger partial charge in [-0.3, -0.25) is 14.6 Å². The van der Waals surface area contributed by atoms with Gasteiger partial charge in [0.05, 0.1) is 11.6 Å². The van der Waals surface area contributed by atoms with Crippen LogP contribution in [0.3, 0.4) is 0 Å². The molecular formula is C23H19BrN2O4. The molecule has 1 amide bonds. The van der Waals surface area contributed by atoms with Gasteiger partial charge in [0.25, 0.3) is 5.91 Å². The molecule has 3 heterocycles. The zero-order chi connectivity index (χ0) is 20.8. The number of carbonyl (C=O) groups excluding carboxylic acids is 2. The molecular weight excluding hydrogens is 448 g/mol. The van der Waals surface area contributed by atoms with E-state index in [9.17, 15) is 14.7 Å². The molecule has 1 saturated carbocycles. The smallest absolute Gasteiger partial charge is 0.290 e. The molecule has 6 nitrogen and oxygen atoms in total. The minimum atomic E-state index is -0.656. The van der Waals surface area contributed by atoms with E-state index in [0.29, 0.717) is 5.58 Å². The lowest BCUT2D eigenvalue weighted by Crippen LogP contribution is -2.38. The minimum absolute atomic E-state index is 0.00487. The summed E-state index contributed by atoms with van der Waals surface area (Å²) in [6.07, 6.45) is 7.03. The fraction of sp³-hybridized carbons (Fsp3) is 0.261. The summed E-state index contributed by atoms with van der Waals surface area (Å²) >= 11 is 3.41. The molecule has 30 heavy (non-hydrogen) atoms. The summed E-state index contributed by atoms with van der Waals surface area (Å²) in [5.74, 6) is -1.36. The van der Waals surface area contributed by atoms with Crippen LogP contribution in [-0.4, -0.2) is 32.7 Å². The number of Topliss-reactive ketones (excluding diaryl/α,β-unsaturated/α-hetero) is 1. The van der Waals surface area contributed by atoms with Crippen molar-refractivity contribution >= 4 is 38.6 Å². The van der Waals surface area contributed by atoms with Gasteiger partial charge in [-0.05, 0) is 54.8 Å². The van der Waals surface area contributed by atoms with Crippen LogP contribution in [0.15, 0.2) is 69.0 Å². The second-order valence-corrected chi connectivity index (χ2v) is 8.63. The number of amides is 1. The highest BCUT2D eigenvalue weighted by atomic mass is 79.9. The second-order valence-electron chi connectivity index (χ2n) is 7.72. The van der Waals surface area contributed by atoms with Crippen LogP contribution in [0.1, 0.15) is 47.8 Å². The van der Waals surface area contributed by atoms with Crippen LogP contribution in [0, 0.1) is 0 Å². The van der Waals surface area contributed by atoms with E-state index in [4.69, 9.17) is 4.42 Å². The lowest BCUT2D eigenvalue weighted by Gasteiger charge is -2.31. The van der Waals surface area contributed by atoms with Gasteiger partial charge in [-0.2, -0.15) is 0 Å². The number of fused-ring (bicyclic) bond motifs is 1. The highest BCUT2D eigenvalue weighted by Gasteiger charge is 2.47. The number of benzene rings is 1. The molecule has 3 aromatic rings. The van der Waals surface area contributed by atoms with Crippen LogP contribution in [0.5, 0.6) is 0 Å². The lowest BCUT2D eigenvalue weighted by atomic mass is 9.95. The summed E-state index contributed by atoms with van der Waals surface area (Å²) in [5.41, 5.74) is 1.38. The molecule has 1 aliphatic carbocycles. The molecule has 1 unspecified atom stereocenters. The van der Waals surface area contributed by atoms with Crippen molar-refractivity contribution in [2.24, 2.45) is 0 Å². The molecule has 1 atom stereocenters. The highest BCUT2D eigenvalue weighted by Crippen LogP contribution is 2.43. The number of aromatic nitrogens is 1. The van der Waals surface area contributed by atoms with Gasteiger partial charge in [-0.1, -0.05) is 28.8 Å². The first-order valence-corrected chi connectivity index (χ1v) is 10.7. The summed E-state index contributed by atoms with van der Waals surface area (Å²) in [4.78, 5) is 32.3. The first kappa shape index (κ1) is 19.1. The minimum Gasteiger partial charge on any atom is -0.503 e. The quantitative estimate of drug-likeness (QED) is 0.539. The summed E-state index contributed by atoms with van der Waals surface area (Å²) in [6.45, 7) is 0. The predicted octanol–water partition coefficient (Wildman–Crippen LogP) is 5.11. The van der Waals surface area contributed by atoms with Crippen molar-refractivity contribution in [2.45, 2.75) is 37.8 Å². The van der Waals surface area contributed by atoms with Gasteiger partial charge >= 0.3 is 0 Å². The van der Waals surface area contributed by atoms with Gasteiger partial charge in [-0.15, -0.1) is 0 Å². The normalized spacial score (nSPS) is 20.0. The second kappa shape index (κ2) is 7.40. The predicted molar refractivity (Wildman–Crippen MR) is 114 cm³/mol. The van der Waals surface area contributed by atoms with E-state index in [-0.39, 0.29) is 17.4 Å². The SMILES string of the molecule is O=C(C1=C(O)C(=O)N(C2CCCC2)C1c1ccncc1)c1cc2cc(Br)ccc2o1. The van der Waals surface area contributed by atoms with Crippen molar-refractivity contribution in [3.05, 3.63) is 75.9 Å². The Morgan fingerprint density at radius 3 is 2.60 bits per heavy atom. The third-order valence-corrected chi connectivity index (χ3v) is 6.42. The lowest BCUT2D eigenvalue weighted by molar-refractivity contribution is -0.131. The molecule has 2 aromatic heterocycles. The Kier molecular flexibility index (Phi) is 4.70. The Bertz CT molecular complexity index is 1180. The molecule has 152 valence electrons. The number of hydrogen-bond donors (Lipinski definition) is 1. The maximum Gasteiger partial charge on any atom is 0.290 e. The van der Waals surface area contributed by atoms with Gasteiger partial charge in [-0.25, -0.2) is 0 Å². The van der Waals surface area contributed by atoms with Crippen molar-refractivity contribution in [1.82, 2.24) is 9.88 Å².